The molecule has 1 aromatic rings. The van der Waals surface area contributed by atoms with Gasteiger partial charge in [-0.3, -0.25) is 4.79 Å². The van der Waals surface area contributed by atoms with E-state index in [0.29, 0.717) is 0 Å². The normalized spacial score (nSPS) is 22.7. The summed E-state index contributed by atoms with van der Waals surface area (Å²) in [5.41, 5.74) is 2.46. The molecule has 1 N–H and O–H groups in total. The average Bonchev–Trinajstić information content (AvgIpc) is 2.47. The van der Waals surface area contributed by atoms with Gasteiger partial charge in [0.05, 0.1) is 0 Å². The number of fused-ring (bicyclic) bond motifs is 1. The van der Waals surface area contributed by atoms with Crippen molar-refractivity contribution in [1.29, 1.82) is 0 Å². The van der Waals surface area contributed by atoms with E-state index < -0.39 is 0 Å². The van der Waals surface area contributed by atoms with E-state index in [0.717, 1.165) is 38.0 Å². The first-order valence-electron chi connectivity index (χ1n) is 6.61. The lowest BCUT2D eigenvalue weighted by Gasteiger charge is -2.32. The summed E-state index contributed by atoms with van der Waals surface area (Å²) in [5, 5.41) is 3.36. The number of hydrogen-bond donors (Lipinski definition) is 1. The number of rotatable bonds is 1. The van der Waals surface area contributed by atoms with Crippen molar-refractivity contribution in [3.63, 3.8) is 0 Å². The SMILES string of the molecule is O=C(C1NCCc2ccccc21)N1CC=CCC1. The summed E-state index contributed by atoms with van der Waals surface area (Å²) in [7, 11) is 0. The molecule has 0 saturated heterocycles. The Bertz CT molecular complexity index is 481. The molecule has 94 valence electrons. The van der Waals surface area contributed by atoms with E-state index in [4.69, 9.17) is 0 Å². The Morgan fingerprint density at radius 3 is 3.00 bits per heavy atom. The number of hydrogen-bond acceptors (Lipinski definition) is 2. The number of carbonyl (C=O) groups is 1. The second kappa shape index (κ2) is 4.94. The Kier molecular flexibility index (Phi) is 3.15. The summed E-state index contributed by atoms with van der Waals surface area (Å²) in [4.78, 5) is 14.5. The zero-order valence-corrected chi connectivity index (χ0v) is 10.4. The summed E-state index contributed by atoms with van der Waals surface area (Å²) < 4.78 is 0. The van der Waals surface area contributed by atoms with Crippen LogP contribution in [-0.4, -0.2) is 30.4 Å². The lowest BCUT2D eigenvalue weighted by molar-refractivity contribution is -0.133. The third-order valence-electron chi connectivity index (χ3n) is 3.73. The summed E-state index contributed by atoms with van der Waals surface area (Å²) in [6.45, 7) is 2.48. The van der Waals surface area contributed by atoms with Gasteiger partial charge in [-0.25, -0.2) is 0 Å². The first kappa shape index (κ1) is 11.5. The van der Waals surface area contributed by atoms with Gasteiger partial charge in [0.25, 0.3) is 0 Å². The molecule has 3 heteroatoms. The van der Waals surface area contributed by atoms with E-state index in [-0.39, 0.29) is 11.9 Å². The first-order valence-corrected chi connectivity index (χ1v) is 6.61. The van der Waals surface area contributed by atoms with Crippen molar-refractivity contribution < 1.29 is 4.79 Å². The standard InChI is InChI=1S/C15H18N2O/c18-15(17-10-4-1-5-11-17)14-13-7-3-2-6-12(13)8-9-16-14/h1-4,6-7,14,16H,5,8-11H2. The second-order valence-corrected chi connectivity index (χ2v) is 4.88. The van der Waals surface area contributed by atoms with Crippen LogP contribution < -0.4 is 5.32 Å². The molecule has 0 saturated carbocycles. The third kappa shape index (κ3) is 2.06. The van der Waals surface area contributed by atoms with Crippen LogP contribution in [0.25, 0.3) is 0 Å². The molecule has 3 rings (SSSR count). The Morgan fingerprint density at radius 1 is 1.28 bits per heavy atom. The van der Waals surface area contributed by atoms with Crippen LogP contribution in [0.2, 0.25) is 0 Å². The molecule has 1 atom stereocenters. The van der Waals surface area contributed by atoms with Crippen LogP contribution in [0, 0.1) is 0 Å². The molecule has 1 amide bonds. The average molecular weight is 242 g/mol. The Hall–Kier alpha value is -1.61. The van der Waals surface area contributed by atoms with E-state index in [1.165, 1.54) is 5.56 Å². The van der Waals surface area contributed by atoms with Crippen molar-refractivity contribution in [3.05, 3.63) is 47.5 Å². The summed E-state index contributed by atoms with van der Waals surface area (Å²) in [6.07, 6.45) is 6.21. The van der Waals surface area contributed by atoms with Gasteiger partial charge < -0.3 is 10.2 Å². The molecule has 0 aromatic heterocycles. The molecule has 2 heterocycles. The molecule has 1 aromatic carbocycles. The largest absolute Gasteiger partial charge is 0.337 e. The molecular formula is C15H18N2O. The predicted molar refractivity (Wildman–Crippen MR) is 71.2 cm³/mol. The van der Waals surface area contributed by atoms with Gasteiger partial charge in [-0.2, -0.15) is 0 Å². The number of nitrogens with zero attached hydrogens (tertiary/aromatic N) is 1. The number of amides is 1. The summed E-state index contributed by atoms with van der Waals surface area (Å²) in [5.74, 6) is 0.214. The van der Waals surface area contributed by atoms with Crippen LogP contribution in [-0.2, 0) is 11.2 Å². The molecule has 2 aliphatic heterocycles. The molecule has 18 heavy (non-hydrogen) atoms. The molecular weight excluding hydrogens is 224 g/mol. The van der Waals surface area contributed by atoms with E-state index in [1.807, 2.05) is 11.0 Å². The minimum atomic E-state index is -0.151. The fourth-order valence-corrected chi connectivity index (χ4v) is 2.75. The third-order valence-corrected chi connectivity index (χ3v) is 3.73. The Labute approximate surface area is 107 Å². The topological polar surface area (TPSA) is 32.3 Å². The van der Waals surface area contributed by atoms with Crippen molar-refractivity contribution in [3.8, 4) is 0 Å². The Morgan fingerprint density at radius 2 is 2.17 bits per heavy atom. The molecule has 3 nitrogen and oxygen atoms in total. The van der Waals surface area contributed by atoms with Crippen LogP contribution in [0.3, 0.4) is 0 Å². The maximum atomic E-state index is 12.5. The van der Waals surface area contributed by atoms with E-state index in [9.17, 15) is 4.79 Å². The van der Waals surface area contributed by atoms with Crippen LogP contribution in [0.4, 0.5) is 0 Å². The molecule has 2 aliphatic rings. The maximum absolute atomic E-state index is 12.5. The lowest BCUT2D eigenvalue weighted by atomic mass is 9.93. The monoisotopic (exact) mass is 242 g/mol. The number of nitrogens with one attached hydrogen (secondary N) is 1. The van der Waals surface area contributed by atoms with Crippen molar-refractivity contribution in [2.45, 2.75) is 18.9 Å². The fraction of sp³-hybridized carbons (Fsp3) is 0.400. The number of carbonyl (C=O) groups excluding carboxylic acids is 1. The number of benzene rings is 1. The Balaban J connectivity index is 1.85. The summed E-state index contributed by atoms with van der Waals surface area (Å²) >= 11 is 0. The van der Waals surface area contributed by atoms with Gasteiger partial charge in [0.2, 0.25) is 5.91 Å². The zero-order valence-electron chi connectivity index (χ0n) is 10.4. The minimum absolute atomic E-state index is 0.151. The van der Waals surface area contributed by atoms with Crippen molar-refractivity contribution in [1.82, 2.24) is 10.2 Å². The highest BCUT2D eigenvalue weighted by molar-refractivity contribution is 5.84. The molecule has 0 bridgehead atoms. The van der Waals surface area contributed by atoms with Gasteiger partial charge in [0.15, 0.2) is 0 Å². The van der Waals surface area contributed by atoms with Crippen molar-refractivity contribution >= 4 is 5.91 Å². The highest BCUT2D eigenvalue weighted by Crippen LogP contribution is 2.24. The zero-order chi connectivity index (χ0) is 12.4. The molecule has 0 fully saturated rings. The van der Waals surface area contributed by atoms with Gasteiger partial charge >= 0.3 is 0 Å². The second-order valence-electron chi connectivity index (χ2n) is 4.88. The van der Waals surface area contributed by atoms with Crippen molar-refractivity contribution in [2.75, 3.05) is 19.6 Å². The highest BCUT2D eigenvalue weighted by Gasteiger charge is 2.29. The van der Waals surface area contributed by atoms with E-state index in [2.05, 4.69) is 35.7 Å². The van der Waals surface area contributed by atoms with Gasteiger partial charge in [0.1, 0.15) is 6.04 Å². The smallest absolute Gasteiger partial charge is 0.244 e. The van der Waals surface area contributed by atoms with Crippen molar-refractivity contribution in [2.24, 2.45) is 0 Å². The van der Waals surface area contributed by atoms with Gasteiger partial charge in [-0.15, -0.1) is 0 Å². The first-order chi connectivity index (χ1) is 8.86. The van der Waals surface area contributed by atoms with Crippen LogP contribution in [0.15, 0.2) is 36.4 Å². The maximum Gasteiger partial charge on any atom is 0.244 e. The minimum Gasteiger partial charge on any atom is -0.337 e. The summed E-state index contributed by atoms with van der Waals surface area (Å²) in [6, 6.07) is 8.12. The highest BCUT2D eigenvalue weighted by atomic mass is 16.2. The molecule has 1 unspecified atom stereocenters. The van der Waals surface area contributed by atoms with Gasteiger partial charge in [-0.05, 0) is 24.0 Å². The molecule has 0 spiro atoms. The fourth-order valence-electron chi connectivity index (χ4n) is 2.75. The van der Waals surface area contributed by atoms with Crippen LogP contribution in [0.5, 0.6) is 0 Å². The predicted octanol–water partition coefficient (Wildman–Crippen LogP) is 1.66. The van der Waals surface area contributed by atoms with Crippen LogP contribution in [0.1, 0.15) is 23.6 Å². The molecule has 0 radical (unpaired) electrons. The van der Waals surface area contributed by atoms with Gasteiger partial charge in [-0.1, -0.05) is 36.4 Å². The van der Waals surface area contributed by atoms with Gasteiger partial charge in [0, 0.05) is 19.6 Å². The molecule has 0 aliphatic carbocycles. The van der Waals surface area contributed by atoms with E-state index >= 15 is 0 Å². The van der Waals surface area contributed by atoms with Crippen LogP contribution >= 0.6 is 0 Å². The lowest BCUT2D eigenvalue weighted by Crippen LogP contribution is -2.44. The van der Waals surface area contributed by atoms with E-state index in [1.54, 1.807) is 0 Å². The quantitative estimate of drug-likeness (QED) is 0.760.